The van der Waals surface area contributed by atoms with E-state index in [0.29, 0.717) is 5.56 Å². The van der Waals surface area contributed by atoms with Crippen molar-refractivity contribution in [2.45, 2.75) is 13.5 Å². The van der Waals surface area contributed by atoms with Gasteiger partial charge in [0.25, 0.3) is 5.56 Å². The van der Waals surface area contributed by atoms with Crippen molar-refractivity contribution in [3.63, 3.8) is 0 Å². The zero-order valence-corrected chi connectivity index (χ0v) is 17.6. The van der Waals surface area contributed by atoms with Gasteiger partial charge in [0.15, 0.2) is 0 Å². The highest BCUT2D eigenvalue weighted by atomic mass is 35.5. The first kappa shape index (κ1) is 21.0. The Balaban J connectivity index is 1.81. The SMILES string of the molecule is Cc1cc(F)ccc1-n1c(=O)c2sccc2n(CC(=O)Nc2ccc(Cl)cc2F)c1=O. The van der Waals surface area contributed by atoms with E-state index in [4.69, 9.17) is 11.6 Å². The van der Waals surface area contributed by atoms with Crippen molar-refractivity contribution in [1.82, 2.24) is 9.13 Å². The minimum Gasteiger partial charge on any atom is -0.322 e. The molecule has 1 N–H and O–H groups in total. The lowest BCUT2D eigenvalue weighted by Crippen LogP contribution is -2.40. The lowest BCUT2D eigenvalue weighted by atomic mass is 10.2. The molecule has 0 saturated carbocycles. The number of aromatic nitrogens is 2. The first-order valence-electron chi connectivity index (χ1n) is 9.01. The van der Waals surface area contributed by atoms with E-state index in [1.807, 2.05) is 0 Å². The number of hydrogen-bond acceptors (Lipinski definition) is 4. The van der Waals surface area contributed by atoms with Gasteiger partial charge in [0.05, 0.1) is 16.9 Å². The second kappa shape index (κ2) is 8.09. The minimum atomic E-state index is -0.766. The van der Waals surface area contributed by atoms with E-state index in [9.17, 15) is 23.2 Å². The van der Waals surface area contributed by atoms with Crippen molar-refractivity contribution < 1.29 is 13.6 Å². The molecular formula is C21H14ClF2N3O3S. The minimum absolute atomic E-state index is 0.0910. The maximum Gasteiger partial charge on any atom is 0.336 e. The molecule has 0 aliphatic heterocycles. The van der Waals surface area contributed by atoms with Gasteiger partial charge in [-0.15, -0.1) is 11.3 Å². The molecule has 1 amide bonds. The van der Waals surface area contributed by atoms with E-state index in [1.165, 1.54) is 24.3 Å². The van der Waals surface area contributed by atoms with Crippen LogP contribution in [-0.2, 0) is 11.3 Å². The smallest absolute Gasteiger partial charge is 0.322 e. The quantitative estimate of drug-likeness (QED) is 0.497. The van der Waals surface area contributed by atoms with Gasteiger partial charge in [-0.1, -0.05) is 11.6 Å². The zero-order chi connectivity index (χ0) is 22.3. The van der Waals surface area contributed by atoms with Gasteiger partial charge in [-0.2, -0.15) is 0 Å². The predicted octanol–water partition coefficient (Wildman–Crippen LogP) is 4.09. The molecule has 0 atom stereocenters. The van der Waals surface area contributed by atoms with Crippen LogP contribution in [0.5, 0.6) is 0 Å². The summed E-state index contributed by atoms with van der Waals surface area (Å²) in [6.07, 6.45) is 0. The third-order valence-electron chi connectivity index (χ3n) is 4.66. The standard InChI is InChI=1S/C21H14ClF2N3O3S/c1-11-8-13(23)3-5-16(11)27-20(29)19-17(6-7-31-19)26(21(27)30)10-18(28)25-15-4-2-12(22)9-14(15)24/h2-9H,10H2,1H3,(H,25,28). The van der Waals surface area contributed by atoms with Crippen molar-refractivity contribution >= 4 is 44.7 Å². The number of rotatable bonds is 4. The number of thiophene rings is 1. The van der Waals surface area contributed by atoms with E-state index >= 15 is 0 Å². The third-order valence-corrected chi connectivity index (χ3v) is 5.79. The molecule has 4 aromatic rings. The summed E-state index contributed by atoms with van der Waals surface area (Å²) in [4.78, 5) is 38.7. The van der Waals surface area contributed by atoms with Crippen LogP contribution in [0.4, 0.5) is 14.5 Å². The van der Waals surface area contributed by atoms with E-state index in [2.05, 4.69) is 5.32 Å². The third kappa shape index (κ3) is 3.89. The summed E-state index contributed by atoms with van der Waals surface area (Å²) in [5, 5.41) is 4.20. The first-order valence-corrected chi connectivity index (χ1v) is 10.3. The van der Waals surface area contributed by atoms with Crippen molar-refractivity contribution in [2.75, 3.05) is 5.32 Å². The van der Waals surface area contributed by atoms with Gasteiger partial charge in [-0.05, 0) is 60.3 Å². The Morgan fingerprint density at radius 3 is 2.61 bits per heavy atom. The largest absolute Gasteiger partial charge is 0.336 e. The first-order chi connectivity index (χ1) is 14.8. The maximum absolute atomic E-state index is 14.0. The Morgan fingerprint density at radius 2 is 1.90 bits per heavy atom. The summed E-state index contributed by atoms with van der Waals surface area (Å²) in [6, 6.07) is 9.02. The molecule has 6 nitrogen and oxygen atoms in total. The fourth-order valence-electron chi connectivity index (χ4n) is 3.25. The molecule has 0 unspecified atom stereocenters. The molecule has 2 aromatic heterocycles. The summed E-state index contributed by atoms with van der Waals surface area (Å²) in [5.74, 6) is -1.89. The number of benzene rings is 2. The Morgan fingerprint density at radius 1 is 1.13 bits per heavy atom. The van der Waals surface area contributed by atoms with Crippen LogP contribution < -0.4 is 16.6 Å². The second-order valence-corrected chi connectivity index (χ2v) is 8.10. The lowest BCUT2D eigenvalue weighted by Gasteiger charge is -2.14. The molecule has 2 aromatic carbocycles. The highest BCUT2D eigenvalue weighted by Crippen LogP contribution is 2.20. The van der Waals surface area contributed by atoms with Crippen LogP contribution >= 0.6 is 22.9 Å². The molecule has 0 bridgehead atoms. The van der Waals surface area contributed by atoms with Crippen LogP contribution in [0.15, 0.2) is 57.4 Å². The van der Waals surface area contributed by atoms with Crippen LogP contribution in [0.1, 0.15) is 5.56 Å². The Bertz CT molecular complexity index is 1460. The Hall–Kier alpha value is -3.30. The fraction of sp³-hybridized carbons (Fsp3) is 0.0952. The molecule has 158 valence electrons. The number of hydrogen-bond donors (Lipinski definition) is 1. The Labute approximate surface area is 182 Å². The molecule has 0 fully saturated rings. The maximum atomic E-state index is 14.0. The normalized spacial score (nSPS) is 11.1. The van der Waals surface area contributed by atoms with Crippen molar-refractivity contribution in [3.05, 3.63) is 90.9 Å². The van der Waals surface area contributed by atoms with Gasteiger partial charge in [-0.3, -0.25) is 14.2 Å². The van der Waals surface area contributed by atoms with Gasteiger partial charge >= 0.3 is 5.69 Å². The van der Waals surface area contributed by atoms with E-state index in [-0.39, 0.29) is 26.6 Å². The highest BCUT2D eigenvalue weighted by Gasteiger charge is 2.19. The molecule has 0 saturated heterocycles. The van der Waals surface area contributed by atoms with Crippen molar-refractivity contribution in [1.29, 1.82) is 0 Å². The number of halogens is 3. The number of fused-ring (bicyclic) bond motifs is 1. The molecule has 0 aliphatic rings. The van der Waals surface area contributed by atoms with E-state index < -0.39 is 35.3 Å². The van der Waals surface area contributed by atoms with E-state index in [1.54, 1.807) is 18.4 Å². The lowest BCUT2D eigenvalue weighted by molar-refractivity contribution is -0.116. The van der Waals surface area contributed by atoms with Gasteiger partial charge in [0.2, 0.25) is 5.91 Å². The number of anilines is 1. The number of aryl methyl sites for hydroxylation is 1. The topological polar surface area (TPSA) is 73.1 Å². The van der Waals surface area contributed by atoms with Crippen molar-refractivity contribution in [3.8, 4) is 5.69 Å². The molecule has 0 aliphatic carbocycles. The molecule has 2 heterocycles. The molecular weight excluding hydrogens is 448 g/mol. The number of amides is 1. The highest BCUT2D eigenvalue weighted by molar-refractivity contribution is 7.17. The summed E-state index contributed by atoms with van der Waals surface area (Å²) in [7, 11) is 0. The van der Waals surface area contributed by atoms with Gasteiger partial charge in [0, 0.05) is 5.02 Å². The second-order valence-electron chi connectivity index (χ2n) is 6.75. The van der Waals surface area contributed by atoms with Gasteiger partial charge in [0.1, 0.15) is 22.9 Å². The van der Waals surface area contributed by atoms with Gasteiger partial charge in [-0.25, -0.2) is 18.1 Å². The molecule has 4 rings (SSSR count). The Kier molecular flexibility index (Phi) is 5.47. The number of nitrogens with zero attached hydrogens (tertiary/aromatic N) is 2. The summed E-state index contributed by atoms with van der Waals surface area (Å²) >= 11 is 6.83. The molecule has 0 radical (unpaired) electrons. The summed E-state index contributed by atoms with van der Waals surface area (Å²) < 4.78 is 29.8. The summed E-state index contributed by atoms with van der Waals surface area (Å²) in [6.45, 7) is 1.11. The molecule has 31 heavy (non-hydrogen) atoms. The average molecular weight is 462 g/mol. The number of carbonyl (C=O) groups excluding carboxylic acids is 1. The van der Waals surface area contributed by atoms with E-state index in [0.717, 1.165) is 32.6 Å². The summed E-state index contributed by atoms with van der Waals surface area (Å²) in [5.41, 5.74) is -0.546. The molecule has 10 heteroatoms. The molecule has 0 spiro atoms. The van der Waals surface area contributed by atoms with Crippen LogP contribution in [0.3, 0.4) is 0 Å². The average Bonchev–Trinajstić information content (AvgIpc) is 3.19. The van der Waals surface area contributed by atoms with Gasteiger partial charge < -0.3 is 5.32 Å². The number of nitrogens with one attached hydrogen (secondary N) is 1. The van der Waals surface area contributed by atoms with Crippen LogP contribution in [0.25, 0.3) is 15.9 Å². The number of carbonyl (C=O) groups is 1. The van der Waals surface area contributed by atoms with Crippen LogP contribution in [-0.4, -0.2) is 15.0 Å². The predicted molar refractivity (Wildman–Crippen MR) is 116 cm³/mol. The monoisotopic (exact) mass is 461 g/mol. The van der Waals surface area contributed by atoms with Crippen LogP contribution in [0.2, 0.25) is 5.02 Å². The van der Waals surface area contributed by atoms with Crippen molar-refractivity contribution in [2.24, 2.45) is 0 Å². The van der Waals surface area contributed by atoms with Crippen LogP contribution in [0, 0.1) is 18.6 Å². The zero-order valence-electron chi connectivity index (χ0n) is 16.0. The fourth-order valence-corrected chi connectivity index (χ4v) is 4.23.